The summed E-state index contributed by atoms with van der Waals surface area (Å²) in [6, 6.07) is 2.51. The van der Waals surface area contributed by atoms with Crippen molar-refractivity contribution in [3.05, 3.63) is 17.7 Å². The maximum absolute atomic E-state index is 12.3. The number of anilines is 1. The smallest absolute Gasteiger partial charge is 0.412 e. The summed E-state index contributed by atoms with van der Waals surface area (Å²) in [5, 5.41) is 2.67. The summed E-state index contributed by atoms with van der Waals surface area (Å²) in [6.45, 7) is 10.7. The maximum Gasteiger partial charge on any atom is 0.412 e. The van der Waals surface area contributed by atoms with Crippen molar-refractivity contribution >= 4 is 23.7 Å². The molecule has 0 saturated carbocycles. The van der Waals surface area contributed by atoms with E-state index in [1.807, 2.05) is 13.8 Å². The Labute approximate surface area is 187 Å². The number of nitrogens with one attached hydrogen (secondary N) is 1. The van der Waals surface area contributed by atoms with Crippen molar-refractivity contribution in [3.63, 3.8) is 0 Å². The van der Waals surface area contributed by atoms with Crippen LogP contribution in [0.1, 0.15) is 53.5 Å². The second-order valence-corrected chi connectivity index (χ2v) is 9.11. The van der Waals surface area contributed by atoms with E-state index in [0.717, 1.165) is 0 Å². The predicted octanol–water partition coefficient (Wildman–Crippen LogP) is 3.32. The first-order valence-corrected chi connectivity index (χ1v) is 10.5. The molecule has 0 spiro atoms. The van der Waals surface area contributed by atoms with Crippen LogP contribution < -0.4 is 20.5 Å². The van der Waals surface area contributed by atoms with Crippen molar-refractivity contribution in [1.29, 1.82) is 0 Å². The first-order chi connectivity index (χ1) is 14.9. The largest absolute Gasteiger partial charge is 0.454 e. The summed E-state index contributed by atoms with van der Waals surface area (Å²) in [6.07, 6.45) is -0.107. The van der Waals surface area contributed by atoms with E-state index in [1.54, 1.807) is 39.8 Å². The quantitative estimate of drug-likeness (QED) is 0.472. The van der Waals surface area contributed by atoms with Gasteiger partial charge in [-0.25, -0.2) is 24.2 Å². The Morgan fingerprint density at radius 1 is 1.09 bits per heavy atom. The van der Waals surface area contributed by atoms with Gasteiger partial charge in [0, 0.05) is 0 Å². The number of amides is 1. The standard InChI is InChI=1S/C22H32N2O8/c1-12(2)9-15(23)20(26)32-31-19(25)13(3)10-14-7-8-16-18(29-11-28-16)17(14)24-21(27)30-22(4,5)6/h7-8,12-13,15H,9-11,23H2,1-6H3,(H,24,27). The maximum atomic E-state index is 12.3. The molecule has 10 nitrogen and oxygen atoms in total. The van der Waals surface area contributed by atoms with Crippen LogP contribution in [0.3, 0.4) is 0 Å². The first-order valence-electron chi connectivity index (χ1n) is 10.5. The van der Waals surface area contributed by atoms with Crippen LogP contribution >= 0.6 is 0 Å². The van der Waals surface area contributed by atoms with E-state index in [2.05, 4.69) is 15.1 Å². The van der Waals surface area contributed by atoms with Gasteiger partial charge in [-0.1, -0.05) is 26.8 Å². The lowest BCUT2D eigenvalue weighted by molar-refractivity contribution is -0.263. The molecule has 2 unspecified atom stereocenters. The van der Waals surface area contributed by atoms with Crippen molar-refractivity contribution in [2.45, 2.75) is 66.0 Å². The van der Waals surface area contributed by atoms with E-state index in [9.17, 15) is 14.4 Å². The highest BCUT2D eigenvalue weighted by molar-refractivity contribution is 5.90. The Morgan fingerprint density at radius 3 is 2.38 bits per heavy atom. The van der Waals surface area contributed by atoms with Gasteiger partial charge < -0.3 is 19.9 Å². The highest BCUT2D eigenvalue weighted by Gasteiger charge is 2.28. The van der Waals surface area contributed by atoms with Crippen molar-refractivity contribution in [2.24, 2.45) is 17.6 Å². The van der Waals surface area contributed by atoms with Crippen molar-refractivity contribution in [3.8, 4) is 11.5 Å². The monoisotopic (exact) mass is 452 g/mol. The molecule has 0 saturated heterocycles. The molecule has 1 aromatic carbocycles. The molecule has 0 aliphatic carbocycles. The molecular formula is C22H32N2O8. The molecule has 1 aliphatic rings. The van der Waals surface area contributed by atoms with Crippen LogP contribution in [0.2, 0.25) is 0 Å². The zero-order valence-electron chi connectivity index (χ0n) is 19.4. The molecule has 178 valence electrons. The number of carbonyl (C=O) groups is 3. The third-order valence-electron chi connectivity index (χ3n) is 4.41. The molecule has 1 amide bonds. The zero-order chi connectivity index (χ0) is 24.1. The summed E-state index contributed by atoms with van der Waals surface area (Å²) in [7, 11) is 0. The molecule has 0 aromatic heterocycles. The van der Waals surface area contributed by atoms with Gasteiger partial charge in [0.15, 0.2) is 11.5 Å². The molecule has 10 heteroatoms. The van der Waals surface area contributed by atoms with Gasteiger partial charge >= 0.3 is 18.0 Å². The molecule has 0 radical (unpaired) electrons. The predicted molar refractivity (Wildman–Crippen MR) is 115 cm³/mol. The van der Waals surface area contributed by atoms with Crippen LogP contribution in [0, 0.1) is 11.8 Å². The Balaban J connectivity index is 2.07. The average Bonchev–Trinajstić information content (AvgIpc) is 3.14. The van der Waals surface area contributed by atoms with E-state index in [0.29, 0.717) is 29.2 Å². The first kappa shape index (κ1) is 25.3. The van der Waals surface area contributed by atoms with Crippen LogP contribution in [0.25, 0.3) is 0 Å². The highest BCUT2D eigenvalue weighted by atomic mass is 17.2. The lowest BCUT2D eigenvalue weighted by atomic mass is 9.99. The van der Waals surface area contributed by atoms with Gasteiger partial charge in [-0.15, -0.1) is 0 Å². The summed E-state index contributed by atoms with van der Waals surface area (Å²) in [5.41, 5.74) is 5.95. The number of hydrogen-bond acceptors (Lipinski definition) is 9. The molecule has 0 fully saturated rings. The van der Waals surface area contributed by atoms with E-state index in [-0.39, 0.29) is 19.1 Å². The second kappa shape index (κ2) is 10.5. The molecule has 0 bridgehead atoms. The number of ether oxygens (including phenoxy) is 3. The van der Waals surface area contributed by atoms with Gasteiger partial charge in [-0.05, 0) is 51.2 Å². The molecule has 1 heterocycles. The number of rotatable bonds is 7. The minimum Gasteiger partial charge on any atom is -0.454 e. The molecule has 2 rings (SSSR count). The van der Waals surface area contributed by atoms with Crippen molar-refractivity contribution in [1.82, 2.24) is 0 Å². The average molecular weight is 453 g/mol. The van der Waals surface area contributed by atoms with Crippen molar-refractivity contribution < 1.29 is 38.4 Å². The molecular weight excluding hydrogens is 420 g/mol. The van der Waals surface area contributed by atoms with E-state index >= 15 is 0 Å². The highest BCUT2D eigenvalue weighted by Crippen LogP contribution is 2.42. The van der Waals surface area contributed by atoms with Gasteiger partial charge in [0.25, 0.3) is 0 Å². The van der Waals surface area contributed by atoms with Crippen LogP contribution in [0.5, 0.6) is 11.5 Å². The van der Waals surface area contributed by atoms with Crippen LogP contribution in [-0.4, -0.2) is 36.5 Å². The molecule has 2 atom stereocenters. The SMILES string of the molecule is CC(C)CC(N)C(=O)OOC(=O)C(C)Cc1ccc2c(c1NC(=O)OC(C)(C)C)OCO2. The zero-order valence-corrected chi connectivity index (χ0v) is 19.4. The number of benzene rings is 1. The number of carbonyl (C=O) groups excluding carboxylic acids is 3. The Hall–Kier alpha value is -3.01. The van der Waals surface area contributed by atoms with Crippen LogP contribution in [0.15, 0.2) is 12.1 Å². The second-order valence-electron chi connectivity index (χ2n) is 9.11. The normalized spacial score (nSPS) is 14.5. The van der Waals surface area contributed by atoms with Crippen LogP contribution in [0.4, 0.5) is 10.5 Å². The summed E-state index contributed by atoms with van der Waals surface area (Å²) < 4.78 is 16.2. The topological polar surface area (TPSA) is 135 Å². The Bertz CT molecular complexity index is 847. The molecule has 1 aromatic rings. The molecule has 32 heavy (non-hydrogen) atoms. The molecule has 3 N–H and O–H groups in total. The lowest BCUT2D eigenvalue weighted by Gasteiger charge is -2.21. The van der Waals surface area contributed by atoms with Gasteiger partial charge in [-0.2, -0.15) is 0 Å². The third kappa shape index (κ3) is 7.30. The lowest BCUT2D eigenvalue weighted by Crippen LogP contribution is -2.34. The fourth-order valence-electron chi connectivity index (χ4n) is 2.97. The fourth-order valence-corrected chi connectivity index (χ4v) is 2.97. The number of hydrogen-bond donors (Lipinski definition) is 2. The number of nitrogens with two attached hydrogens (primary N) is 1. The van der Waals surface area contributed by atoms with E-state index < -0.39 is 35.6 Å². The van der Waals surface area contributed by atoms with E-state index in [1.165, 1.54) is 0 Å². The van der Waals surface area contributed by atoms with Gasteiger partial charge in [0.05, 0.1) is 11.6 Å². The summed E-state index contributed by atoms with van der Waals surface area (Å²) in [4.78, 5) is 45.8. The van der Waals surface area contributed by atoms with Crippen molar-refractivity contribution in [2.75, 3.05) is 12.1 Å². The van der Waals surface area contributed by atoms with Crippen LogP contribution in [-0.2, 0) is 30.5 Å². The number of fused-ring (bicyclic) bond motifs is 1. The summed E-state index contributed by atoms with van der Waals surface area (Å²) in [5.74, 6) is -1.27. The summed E-state index contributed by atoms with van der Waals surface area (Å²) >= 11 is 0. The minimum absolute atomic E-state index is 0.00592. The fraction of sp³-hybridized carbons (Fsp3) is 0.591. The Morgan fingerprint density at radius 2 is 1.75 bits per heavy atom. The minimum atomic E-state index is -0.878. The third-order valence-corrected chi connectivity index (χ3v) is 4.41. The molecule has 1 aliphatic heterocycles. The van der Waals surface area contributed by atoms with Gasteiger partial charge in [0.1, 0.15) is 11.6 Å². The van der Waals surface area contributed by atoms with Gasteiger partial charge in [-0.3, -0.25) is 5.32 Å². The van der Waals surface area contributed by atoms with E-state index in [4.69, 9.17) is 19.9 Å². The van der Waals surface area contributed by atoms with Gasteiger partial charge in [0.2, 0.25) is 6.79 Å². The Kier molecular flexibility index (Phi) is 8.31.